The lowest BCUT2D eigenvalue weighted by Crippen LogP contribution is -2.61. The molecular weight excluding hydrogens is 1090 g/mol. The first kappa shape index (κ1) is 70.3. The number of fused-ring (bicyclic) bond motifs is 3. The number of nitrogens with zero attached hydrogens (tertiary/aromatic N) is 1. The lowest BCUT2D eigenvalue weighted by atomic mass is 9.78. The Bertz CT molecular complexity index is 2360. The molecule has 19 heteroatoms. The number of ketones is 3. The van der Waals surface area contributed by atoms with Gasteiger partial charge < -0.3 is 52.0 Å². The molecule has 0 aromatic rings. The van der Waals surface area contributed by atoms with Gasteiger partial charge in [-0.3, -0.25) is 24.0 Å². The first-order chi connectivity index (χ1) is 38.6. The van der Waals surface area contributed by atoms with Gasteiger partial charge in [0.25, 0.3) is 11.7 Å². The van der Waals surface area contributed by atoms with E-state index in [0.29, 0.717) is 69.8 Å². The van der Waals surface area contributed by atoms with Crippen molar-refractivity contribution in [2.24, 2.45) is 40.9 Å². The van der Waals surface area contributed by atoms with Crippen molar-refractivity contribution in [3.8, 4) is 0 Å². The number of cyclic esters (lactones) is 1. The number of carbonyl (C=O) groups is 6. The van der Waals surface area contributed by atoms with Crippen molar-refractivity contribution in [2.45, 2.75) is 246 Å². The van der Waals surface area contributed by atoms with Crippen LogP contribution < -0.4 is 0 Å². The number of hydrogen-bond donors (Lipinski definition) is 1. The summed E-state index contributed by atoms with van der Waals surface area (Å²) in [6.45, 7) is 31.4. The molecule has 1 aliphatic carbocycles. The van der Waals surface area contributed by atoms with Crippen molar-refractivity contribution < 1.29 is 75.9 Å². The van der Waals surface area contributed by atoms with Gasteiger partial charge in [0.05, 0.1) is 37.6 Å². The van der Waals surface area contributed by atoms with E-state index in [4.69, 9.17) is 42.0 Å². The summed E-state index contributed by atoms with van der Waals surface area (Å²) >= 11 is 0. The summed E-state index contributed by atoms with van der Waals surface area (Å²) in [7, 11) is -1.43. The molecule has 1 amide bonds. The second kappa shape index (κ2) is 29.9. The molecule has 1 saturated carbocycles. The molecule has 3 saturated heterocycles. The molecule has 17 nitrogen and oxygen atoms in total. The van der Waals surface area contributed by atoms with Gasteiger partial charge in [-0.1, -0.05) is 71.1 Å². The molecule has 2 bridgehead atoms. The van der Waals surface area contributed by atoms with Crippen LogP contribution in [0.15, 0.2) is 47.6 Å². The molecule has 0 aromatic carbocycles. The van der Waals surface area contributed by atoms with Gasteiger partial charge >= 0.3 is 11.9 Å². The Morgan fingerprint density at radius 3 is 2.07 bits per heavy atom. The summed E-state index contributed by atoms with van der Waals surface area (Å²) in [4.78, 5) is 88.3. The Hall–Kier alpha value is -3.51. The highest BCUT2D eigenvalue weighted by molar-refractivity contribution is 6.70. The minimum absolute atomic E-state index is 0.0229. The van der Waals surface area contributed by atoms with Crippen molar-refractivity contribution >= 4 is 51.8 Å². The summed E-state index contributed by atoms with van der Waals surface area (Å²) in [6, 6.07) is -1.17. The standard InChI is InChI=1S/C64H105NO16Si2/c1-40-24-20-19-21-25-41(2)52(73-11)36-48-29-27-46(7)64(72,79-48)58(68)59(69)65-31-23-22-26-49(65)60(70)77-53(37-50(66)42(3)33-45(6)56(81-83(16,17)18)57(74-12)55(67)44(5)32-40)43(4)34-47-28-30-51(54(35-47)80-82(13,14)15)78-61(71)63(10)38-75-62(8,9)76-39-63/h19-21,24-25,33,40,42-44,46-49,51-54,56-57,72H,22-23,26-32,34-39H2,1-18H3/b21-19?,24-20+,41-25?,45-33+/t40-,42-,43-,44-,46-,47+,48+,49+,51-,52+,53+,54-,56+,57+,64-/m1/s1. The Kier molecular flexibility index (Phi) is 25.3. The fraction of sp³-hybridized carbons (Fsp3) is 0.781. The van der Waals surface area contributed by atoms with Gasteiger partial charge in [0.2, 0.25) is 5.79 Å². The van der Waals surface area contributed by atoms with Gasteiger partial charge in [-0.25, -0.2) is 4.79 Å². The smallest absolute Gasteiger partial charge is 0.329 e. The number of rotatable bonds is 11. The number of allylic oxidation sites excluding steroid dienone is 6. The molecule has 15 atom stereocenters. The molecule has 4 aliphatic heterocycles. The highest BCUT2D eigenvalue weighted by Gasteiger charge is 2.54. The van der Waals surface area contributed by atoms with Gasteiger partial charge in [-0.15, -0.1) is 0 Å². The Morgan fingerprint density at radius 2 is 1.45 bits per heavy atom. The molecule has 470 valence electrons. The number of aliphatic hydroxyl groups is 1. The van der Waals surface area contributed by atoms with E-state index in [2.05, 4.69) is 26.6 Å². The van der Waals surface area contributed by atoms with Crippen molar-refractivity contribution in [3.63, 3.8) is 0 Å². The van der Waals surface area contributed by atoms with E-state index >= 15 is 0 Å². The molecule has 5 aliphatic rings. The summed E-state index contributed by atoms with van der Waals surface area (Å²) in [5.74, 6) is -9.08. The maximum Gasteiger partial charge on any atom is 0.329 e. The van der Waals surface area contributed by atoms with E-state index in [1.54, 1.807) is 27.9 Å². The van der Waals surface area contributed by atoms with Crippen molar-refractivity contribution in [3.05, 3.63) is 47.6 Å². The highest BCUT2D eigenvalue weighted by atomic mass is 28.4. The van der Waals surface area contributed by atoms with Gasteiger partial charge in [-0.05, 0) is 167 Å². The normalized spacial score (nSPS) is 36.0. The lowest BCUT2D eigenvalue weighted by Gasteiger charge is -2.43. The van der Waals surface area contributed by atoms with Crippen LogP contribution in [-0.2, 0) is 70.8 Å². The average Bonchev–Trinajstić information content (AvgIpc) is 2.33. The van der Waals surface area contributed by atoms with Gasteiger partial charge in [0.1, 0.15) is 35.6 Å². The first-order valence-electron chi connectivity index (χ1n) is 30.7. The van der Waals surface area contributed by atoms with E-state index < -0.39 is 124 Å². The monoisotopic (exact) mass is 1200 g/mol. The minimum Gasteiger partial charge on any atom is -0.460 e. The molecular formula is C64H105NO16Si2. The fourth-order valence-electron chi connectivity index (χ4n) is 12.2. The highest BCUT2D eigenvalue weighted by Crippen LogP contribution is 2.40. The number of ether oxygens (including phenoxy) is 7. The van der Waals surface area contributed by atoms with Crippen LogP contribution in [0, 0.1) is 40.9 Å². The Labute approximate surface area is 498 Å². The molecule has 1 N–H and O–H groups in total. The average molecular weight is 1200 g/mol. The maximum absolute atomic E-state index is 14.9. The second-order valence-corrected chi connectivity index (χ2v) is 36.6. The largest absolute Gasteiger partial charge is 0.460 e. The maximum atomic E-state index is 14.9. The molecule has 83 heavy (non-hydrogen) atoms. The minimum atomic E-state index is -2.46. The molecule has 0 radical (unpaired) electrons. The zero-order chi connectivity index (χ0) is 62.0. The van der Waals surface area contributed by atoms with Crippen LogP contribution in [-0.4, -0.2) is 156 Å². The third-order valence-electron chi connectivity index (χ3n) is 17.3. The zero-order valence-corrected chi connectivity index (χ0v) is 55.7. The van der Waals surface area contributed by atoms with Crippen molar-refractivity contribution in [2.75, 3.05) is 34.0 Å². The first-order valence-corrected chi connectivity index (χ1v) is 37.5. The van der Waals surface area contributed by atoms with Gasteiger partial charge in [0, 0.05) is 51.4 Å². The van der Waals surface area contributed by atoms with Gasteiger partial charge in [0.15, 0.2) is 28.2 Å². The van der Waals surface area contributed by atoms with Crippen LogP contribution in [0.5, 0.6) is 0 Å². The second-order valence-electron chi connectivity index (χ2n) is 27.7. The number of amides is 1. The lowest BCUT2D eigenvalue weighted by molar-refractivity contribution is -0.283. The number of methoxy groups -OCH3 is 2. The summed E-state index contributed by atoms with van der Waals surface area (Å²) in [5, 5.41) is 12.2. The molecule has 0 spiro atoms. The fourth-order valence-corrected chi connectivity index (χ4v) is 14.5. The van der Waals surface area contributed by atoms with Gasteiger partial charge in [-0.2, -0.15) is 0 Å². The molecule has 0 unspecified atom stereocenters. The Morgan fingerprint density at radius 1 is 0.783 bits per heavy atom. The van der Waals surface area contributed by atoms with E-state index in [9.17, 15) is 33.9 Å². The van der Waals surface area contributed by atoms with Crippen LogP contribution in [0.25, 0.3) is 0 Å². The topological polar surface area (TPSA) is 209 Å². The quantitative estimate of drug-likeness (QED) is 0.0883. The van der Waals surface area contributed by atoms with Crippen LogP contribution >= 0.6 is 0 Å². The molecule has 4 fully saturated rings. The predicted molar refractivity (Wildman–Crippen MR) is 323 cm³/mol. The van der Waals surface area contributed by atoms with E-state index in [1.165, 1.54) is 12.0 Å². The van der Waals surface area contributed by atoms with Crippen LogP contribution in [0.3, 0.4) is 0 Å². The predicted octanol–water partition coefficient (Wildman–Crippen LogP) is 10.6. The van der Waals surface area contributed by atoms with Crippen molar-refractivity contribution in [1.29, 1.82) is 0 Å². The van der Waals surface area contributed by atoms with E-state index in [0.717, 1.165) is 5.57 Å². The Balaban J connectivity index is 1.51. The van der Waals surface area contributed by atoms with Crippen molar-refractivity contribution in [1.82, 2.24) is 4.90 Å². The third kappa shape index (κ3) is 19.8. The van der Waals surface area contributed by atoms with E-state index in [1.807, 2.05) is 97.6 Å². The van der Waals surface area contributed by atoms with Crippen LogP contribution in [0.2, 0.25) is 39.3 Å². The zero-order valence-electron chi connectivity index (χ0n) is 53.7. The number of carbonyl (C=O) groups excluding carboxylic acids is 6. The number of piperidine rings is 1. The third-order valence-corrected chi connectivity index (χ3v) is 19.3. The number of hydrogen-bond acceptors (Lipinski definition) is 16. The van der Waals surface area contributed by atoms with E-state index in [-0.39, 0.29) is 61.9 Å². The van der Waals surface area contributed by atoms with Crippen LogP contribution in [0.1, 0.15) is 146 Å². The SMILES string of the molecule is CO[C@H]1C[C@@H]2CC[C@@H](C)[C@@](O)(O2)C(=O)C(=O)N2CCCC[C@H]2C(=O)O[C@H]([C@H](C)C[C@@H]2CC[C@@H](OC(=O)C3(C)COC(C)(C)OC3)[C@H](O[Si](C)(C)C)C2)CC(=O)[C@H](C)/C=C(\C)[C@H](O[Si](C)(C)C)[C@@H](OC)C(=O)[C@H](C)C[C@H](C)/C=C/C=CC=C1C. The number of esters is 2. The molecule has 5 rings (SSSR count). The summed E-state index contributed by atoms with van der Waals surface area (Å²) in [5.41, 5.74) is 0.556. The molecule has 4 heterocycles. The summed E-state index contributed by atoms with van der Waals surface area (Å²) in [6.07, 6.45) is 12.1. The summed E-state index contributed by atoms with van der Waals surface area (Å²) < 4.78 is 56.3. The number of Topliss-reactive ketones (excluding diaryl/α,β-unsaturated/α-hetero) is 3. The van der Waals surface area contributed by atoms with Crippen LogP contribution in [0.4, 0.5) is 0 Å². The molecule has 0 aromatic heterocycles.